The molecule has 96 valence electrons. The van der Waals surface area contributed by atoms with Gasteiger partial charge in [-0.15, -0.1) is 0 Å². The Morgan fingerprint density at radius 1 is 1.18 bits per heavy atom. The SMILES string of the molecule is CNC(CCc1ccncc1)CCC(C)(C)C. The Hall–Kier alpha value is -0.890. The zero-order chi connectivity index (χ0) is 12.7. The van der Waals surface area contributed by atoms with Crippen LogP contribution >= 0.6 is 0 Å². The maximum atomic E-state index is 4.05. The summed E-state index contributed by atoms with van der Waals surface area (Å²) in [5.74, 6) is 0. The molecule has 0 aliphatic carbocycles. The number of pyridine rings is 1. The highest BCUT2D eigenvalue weighted by atomic mass is 14.9. The highest BCUT2D eigenvalue weighted by Crippen LogP contribution is 2.22. The molecule has 0 bridgehead atoms. The summed E-state index contributed by atoms with van der Waals surface area (Å²) in [6, 6.07) is 4.84. The molecule has 17 heavy (non-hydrogen) atoms. The molecule has 0 saturated carbocycles. The van der Waals surface area contributed by atoms with E-state index in [9.17, 15) is 0 Å². The summed E-state index contributed by atoms with van der Waals surface area (Å²) in [6.45, 7) is 6.92. The number of aromatic nitrogens is 1. The van der Waals surface area contributed by atoms with E-state index < -0.39 is 0 Å². The summed E-state index contributed by atoms with van der Waals surface area (Å²) >= 11 is 0. The topological polar surface area (TPSA) is 24.9 Å². The highest BCUT2D eigenvalue weighted by molar-refractivity contribution is 5.09. The van der Waals surface area contributed by atoms with Crippen molar-refractivity contribution in [1.82, 2.24) is 10.3 Å². The average Bonchev–Trinajstić information content (AvgIpc) is 2.29. The number of nitrogens with one attached hydrogen (secondary N) is 1. The van der Waals surface area contributed by atoms with Crippen LogP contribution in [0.4, 0.5) is 0 Å². The maximum absolute atomic E-state index is 4.05. The highest BCUT2D eigenvalue weighted by Gasteiger charge is 2.14. The minimum atomic E-state index is 0.436. The Morgan fingerprint density at radius 3 is 2.35 bits per heavy atom. The maximum Gasteiger partial charge on any atom is 0.0270 e. The van der Waals surface area contributed by atoms with Crippen molar-refractivity contribution in [2.45, 2.75) is 52.5 Å². The normalized spacial score (nSPS) is 13.6. The third-order valence-electron chi connectivity index (χ3n) is 3.18. The van der Waals surface area contributed by atoms with E-state index in [0.29, 0.717) is 11.5 Å². The summed E-state index contributed by atoms with van der Waals surface area (Å²) < 4.78 is 0. The third kappa shape index (κ3) is 6.42. The van der Waals surface area contributed by atoms with Crippen LogP contribution in [0, 0.1) is 5.41 Å². The first-order valence-corrected chi connectivity index (χ1v) is 6.57. The Bertz CT molecular complexity index is 300. The number of nitrogens with zero attached hydrogens (tertiary/aromatic N) is 1. The molecular formula is C15H26N2. The van der Waals surface area contributed by atoms with Crippen molar-refractivity contribution in [2.24, 2.45) is 5.41 Å². The molecule has 0 amide bonds. The molecule has 1 N–H and O–H groups in total. The smallest absolute Gasteiger partial charge is 0.0270 e. The lowest BCUT2D eigenvalue weighted by atomic mass is 9.87. The van der Waals surface area contributed by atoms with E-state index in [1.165, 1.54) is 24.8 Å². The Balaban J connectivity index is 2.33. The van der Waals surface area contributed by atoms with E-state index in [4.69, 9.17) is 0 Å². The van der Waals surface area contributed by atoms with Crippen molar-refractivity contribution in [3.8, 4) is 0 Å². The van der Waals surface area contributed by atoms with Crippen molar-refractivity contribution in [2.75, 3.05) is 7.05 Å². The molecule has 0 fully saturated rings. The second-order valence-electron chi connectivity index (χ2n) is 5.98. The summed E-state index contributed by atoms with van der Waals surface area (Å²) in [6.07, 6.45) is 8.62. The van der Waals surface area contributed by atoms with Gasteiger partial charge in [-0.25, -0.2) is 0 Å². The van der Waals surface area contributed by atoms with Crippen LogP contribution in [-0.4, -0.2) is 18.1 Å². The van der Waals surface area contributed by atoms with Gasteiger partial charge in [-0.2, -0.15) is 0 Å². The predicted molar refractivity (Wildman–Crippen MR) is 74.1 cm³/mol. The Kier molecular flexibility index (Phi) is 5.63. The summed E-state index contributed by atoms with van der Waals surface area (Å²) in [5.41, 5.74) is 1.82. The largest absolute Gasteiger partial charge is 0.317 e. The van der Waals surface area contributed by atoms with E-state index in [1.807, 2.05) is 12.4 Å². The molecule has 1 unspecified atom stereocenters. The van der Waals surface area contributed by atoms with Gasteiger partial charge in [-0.3, -0.25) is 4.98 Å². The molecule has 1 aromatic rings. The Morgan fingerprint density at radius 2 is 1.82 bits per heavy atom. The van der Waals surface area contributed by atoms with Crippen molar-refractivity contribution in [3.63, 3.8) is 0 Å². The molecule has 0 saturated heterocycles. The molecule has 0 aliphatic rings. The van der Waals surface area contributed by atoms with Crippen molar-refractivity contribution >= 4 is 0 Å². The quantitative estimate of drug-likeness (QED) is 0.815. The third-order valence-corrected chi connectivity index (χ3v) is 3.18. The predicted octanol–water partition coefficient (Wildman–Crippen LogP) is 3.43. The van der Waals surface area contributed by atoms with Gasteiger partial charge in [0.15, 0.2) is 0 Å². The minimum Gasteiger partial charge on any atom is -0.317 e. The van der Waals surface area contributed by atoms with Gasteiger partial charge in [0.05, 0.1) is 0 Å². The summed E-state index contributed by atoms with van der Waals surface area (Å²) in [4.78, 5) is 4.05. The standard InChI is InChI=1S/C15H26N2/c1-15(2,3)10-7-14(16-4)6-5-13-8-11-17-12-9-13/h8-9,11-12,14,16H,5-7,10H2,1-4H3. The molecular weight excluding hydrogens is 208 g/mol. The molecule has 0 radical (unpaired) electrons. The van der Waals surface area contributed by atoms with Crippen LogP contribution in [0.25, 0.3) is 0 Å². The summed E-state index contributed by atoms with van der Waals surface area (Å²) in [7, 11) is 2.07. The number of hydrogen-bond acceptors (Lipinski definition) is 2. The molecule has 1 atom stereocenters. The molecule has 0 aliphatic heterocycles. The van der Waals surface area contributed by atoms with Gasteiger partial charge in [-0.05, 0) is 55.8 Å². The first kappa shape index (κ1) is 14.2. The van der Waals surface area contributed by atoms with Crippen molar-refractivity contribution in [3.05, 3.63) is 30.1 Å². The van der Waals surface area contributed by atoms with Gasteiger partial charge >= 0.3 is 0 Å². The van der Waals surface area contributed by atoms with Crippen LogP contribution in [0.2, 0.25) is 0 Å². The van der Waals surface area contributed by atoms with E-state index in [-0.39, 0.29) is 0 Å². The lowest BCUT2D eigenvalue weighted by Gasteiger charge is -2.23. The van der Waals surface area contributed by atoms with Gasteiger partial charge in [-0.1, -0.05) is 20.8 Å². The Labute approximate surface area is 106 Å². The van der Waals surface area contributed by atoms with Gasteiger partial charge in [0.2, 0.25) is 0 Å². The van der Waals surface area contributed by atoms with E-state index in [0.717, 1.165) is 6.42 Å². The number of rotatable bonds is 6. The number of hydrogen-bond donors (Lipinski definition) is 1. The second-order valence-corrected chi connectivity index (χ2v) is 5.98. The first-order chi connectivity index (χ1) is 8.01. The van der Waals surface area contributed by atoms with Gasteiger partial charge < -0.3 is 5.32 Å². The molecule has 1 aromatic heterocycles. The zero-order valence-corrected chi connectivity index (χ0v) is 11.7. The molecule has 1 rings (SSSR count). The van der Waals surface area contributed by atoms with Crippen molar-refractivity contribution in [1.29, 1.82) is 0 Å². The van der Waals surface area contributed by atoms with Crippen LogP contribution < -0.4 is 5.32 Å². The van der Waals surface area contributed by atoms with Gasteiger partial charge in [0.25, 0.3) is 0 Å². The fourth-order valence-electron chi connectivity index (χ4n) is 1.93. The van der Waals surface area contributed by atoms with Crippen LogP contribution in [0.1, 0.15) is 45.6 Å². The fraction of sp³-hybridized carbons (Fsp3) is 0.667. The molecule has 2 nitrogen and oxygen atoms in total. The van der Waals surface area contributed by atoms with E-state index >= 15 is 0 Å². The molecule has 2 heteroatoms. The molecule has 1 heterocycles. The zero-order valence-electron chi connectivity index (χ0n) is 11.7. The minimum absolute atomic E-state index is 0.436. The lowest BCUT2D eigenvalue weighted by molar-refractivity contribution is 0.329. The van der Waals surface area contributed by atoms with Crippen LogP contribution in [-0.2, 0) is 6.42 Å². The van der Waals surface area contributed by atoms with Crippen LogP contribution in [0.5, 0.6) is 0 Å². The van der Waals surface area contributed by atoms with Crippen molar-refractivity contribution < 1.29 is 0 Å². The molecule has 0 aromatic carbocycles. The summed E-state index contributed by atoms with van der Waals surface area (Å²) in [5, 5.41) is 3.43. The molecule has 0 spiro atoms. The van der Waals surface area contributed by atoms with E-state index in [2.05, 4.69) is 50.3 Å². The van der Waals surface area contributed by atoms with E-state index in [1.54, 1.807) is 0 Å². The second kappa shape index (κ2) is 6.75. The van der Waals surface area contributed by atoms with Crippen LogP contribution in [0.3, 0.4) is 0 Å². The van der Waals surface area contributed by atoms with Crippen LogP contribution in [0.15, 0.2) is 24.5 Å². The van der Waals surface area contributed by atoms with Gasteiger partial charge in [0, 0.05) is 18.4 Å². The average molecular weight is 234 g/mol. The van der Waals surface area contributed by atoms with Gasteiger partial charge in [0.1, 0.15) is 0 Å². The monoisotopic (exact) mass is 234 g/mol. The fourth-order valence-corrected chi connectivity index (χ4v) is 1.93. The first-order valence-electron chi connectivity index (χ1n) is 6.57. The lowest BCUT2D eigenvalue weighted by Crippen LogP contribution is -2.27. The number of aryl methyl sites for hydroxylation is 1.